The minimum atomic E-state index is -0.597. The monoisotopic (exact) mass is 226 g/mol. The Labute approximate surface area is 92.7 Å². The topological polar surface area (TPSA) is 95.6 Å². The molecular formula is C10H14N2O4. The van der Waals surface area contributed by atoms with Crippen molar-refractivity contribution in [3.63, 3.8) is 0 Å². The van der Waals surface area contributed by atoms with Crippen LogP contribution in [0.1, 0.15) is 5.56 Å². The molecule has 6 heteroatoms. The number of nitro benzene ring substituents is 1. The average molecular weight is 226 g/mol. The number of rotatable bonds is 5. The molecule has 0 amide bonds. The maximum absolute atomic E-state index is 10.8. The van der Waals surface area contributed by atoms with E-state index in [2.05, 4.69) is 5.32 Å². The number of benzene rings is 1. The Balaban J connectivity index is 3.03. The lowest BCUT2D eigenvalue weighted by Crippen LogP contribution is -2.28. The normalized spacial score (nSPS) is 10.5. The van der Waals surface area contributed by atoms with E-state index in [1.807, 2.05) is 0 Å². The van der Waals surface area contributed by atoms with Crippen molar-refractivity contribution in [1.82, 2.24) is 0 Å². The van der Waals surface area contributed by atoms with E-state index < -0.39 is 11.0 Å². The number of nitro groups is 1. The molecule has 1 aromatic carbocycles. The van der Waals surface area contributed by atoms with Crippen LogP contribution in [0.4, 0.5) is 11.4 Å². The number of hydrogen-bond donors (Lipinski definition) is 3. The van der Waals surface area contributed by atoms with Crippen molar-refractivity contribution in [2.45, 2.75) is 13.0 Å². The van der Waals surface area contributed by atoms with Crippen molar-refractivity contribution in [1.29, 1.82) is 0 Å². The maximum atomic E-state index is 10.8. The van der Waals surface area contributed by atoms with E-state index in [0.717, 1.165) is 0 Å². The van der Waals surface area contributed by atoms with Gasteiger partial charge in [0.2, 0.25) is 0 Å². The highest BCUT2D eigenvalue weighted by atomic mass is 16.6. The fourth-order valence-electron chi connectivity index (χ4n) is 1.39. The molecular weight excluding hydrogens is 212 g/mol. The molecule has 1 rings (SSSR count). The molecule has 88 valence electrons. The lowest BCUT2D eigenvalue weighted by atomic mass is 10.1. The summed E-state index contributed by atoms with van der Waals surface area (Å²) < 4.78 is 0. The molecule has 0 heterocycles. The fraction of sp³-hybridized carbons (Fsp3) is 0.400. The van der Waals surface area contributed by atoms with Gasteiger partial charge in [-0.05, 0) is 13.0 Å². The van der Waals surface area contributed by atoms with Crippen LogP contribution in [0.5, 0.6) is 0 Å². The number of nitrogens with zero attached hydrogens (tertiary/aromatic N) is 1. The fourth-order valence-corrected chi connectivity index (χ4v) is 1.39. The molecule has 0 aromatic heterocycles. The van der Waals surface area contributed by atoms with Gasteiger partial charge in [-0.1, -0.05) is 12.1 Å². The van der Waals surface area contributed by atoms with E-state index in [1.54, 1.807) is 25.1 Å². The summed E-state index contributed by atoms with van der Waals surface area (Å²) in [7, 11) is 0. The van der Waals surface area contributed by atoms with Gasteiger partial charge < -0.3 is 15.5 Å². The SMILES string of the molecule is Cc1cccc(NC(CO)CO)c1[N+](=O)[O-]. The van der Waals surface area contributed by atoms with Gasteiger partial charge in [-0.2, -0.15) is 0 Å². The minimum absolute atomic E-state index is 0.0330. The molecule has 0 saturated carbocycles. The van der Waals surface area contributed by atoms with E-state index in [0.29, 0.717) is 11.3 Å². The largest absolute Gasteiger partial charge is 0.394 e. The second-order valence-corrected chi connectivity index (χ2v) is 3.43. The average Bonchev–Trinajstić information content (AvgIpc) is 2.25. The Hall–Kier alpha value is -1.66. The van der Waals surface area contributed by atoms with Crippen molar-refractivity contribution in [3.05, 3.63) is 33.9 Å². The van der Waals surface area contributed by atoms with Gasteiger partial charge >= 0.3 is 0 Å². The number of aryl methyl sites for hydroxylation is 1. The molecule has 0 radical (unpaired) electrons. The van der Waals surface area contributed by atoms with Gasteiger partial charge in [-0.3, -0.25) is 10.1 Å². The summed E-state index contributed by atoms with van der Waals surface area (Å²) in [5.74, 6) is 0. The van der Waals surface area contributed by atoms with Gasteiger partial charge in [0.05, 0.1) is 24.2 Å². The van der Waals surface area contributed by atoms with Crippen LogP contribution in [0.25, 0.3) is 0 Å². The molecule has 0 aliphatic heterocycles. The minimum Gasteiger partial charge on any atom is -0.394 e. The first-order valence-electron chi connectivity index (χ1n) is 4.82. The number of hydrogen-bond acceptors (Lipinski definition) is 5. The van der Waals surface area contributed by atoms with Gasteiger partial charge in [-0.25, -0.2) is 0 Å². The first-order chi connectivity index (χ1) is 7.60. The lowest BCUT2D eigenvalue weighted by molar-refractivity contribution is -0.384. The zero-order valence-corrected chi connectivity index (χ0v) is 8.88. The quantitative estimate of drug-likeness (QED) is 0.506. The van der Waals surface area contributed by atoms with E-state index >= 15 is 0 Å². The summed E-state index contributed by atoms with van der Waals surface area (Å²) in [5, 5.41) is 31.4. The summed E-state index contributed by atoms with van der Waals surface area (Å²) in [4.78, 5) is 10.4. The lowest BCUT2D eigenvalue weighted by Gasteiger charge is -2.15. The van der Waals surface area contributed by atoms with Gasteiger partial charge in [0.25, 0.3) is 5.69 Å². The van der Waals surface area contributed by atoms with Gasteiger partial charge in [-0.15, -0.1) is 0 Å². The Kier molecular flexibility index (Phi) is 4.21. The van der Waals surface area contributed by atoms with Gasteiger partial charge in [0.15, 0.2) is 0 Å². The highest BCUT2D eigenvalue weighted by Crippen LogP contribution is 2.28. The van der Waals surface area contributed by atoms with Crippen LogP contribution in [0.3, 0.4) is 0 Å². The number of aliphatic hydroxyl groups is 2. The predicted octanol–water partition coefficient (Wildman–Crippen LogP) is 0.668. The zero-order chi connectivity index (χ0) is 12.1. The summed E-state index contributed by atoms with van der Waals surface area (Å²) in [5.41, 5.74) is 0.803. The Bertz CT molecular complexity index is 377. The summed E-state index contributed by atoms with van der Waals surface area (Å²) in [6, 6.07) is 4.26. The zero-order valence-electron chi connectivity index (χ0n) is 8.88. The third-order valence-electron chi connectivity index (χ3n) is 2.22. The number of anilines is 1. The molecule has 1 aromatic rings. The molecule has 0 atom stereocenters. The Morgan fingerprint density at radius 3 is 2.56 bits per heavy atom. The Morgan fingerprint density at radius 2 is 2.06 bits per heavy atom. The molecule has 0 saturated heterocycles. The summed E-state index contributed by atoms with van der Waals surface area (Å²) in [6.45, 7) is 1.05. The summed E-state index contributed by atoms with van der Waals surface area (Å²) in [6.07, 6.45) is 0. The number of aliphatic hydroxyl groups excluding tert-OH is 2. The van der Waals surface area contributed by atoms with Gasteiger partial charge in [0, 0.05) is 5.56 Å². The molecule has 0 bridgehead atoms. The predicted molar refractivity (Wildman–Crippen MR) is 59.4 cm³/mol. The van der Waals surface area contributed by atoms with Crippen LogP contribution in [0, 0.1) is 17.0 Å². The van der Waals surface area contributed by atoms with Crippen molar-refractivity contribution in [3.8, 4) is 0 Å². The van der Waals surface area contributed by atoms with Crippen molar-refractivity contribution >= 4 is 11.4 Å². The second kappa shape index (κ2) is 5.43. The van der Waals surface area contributed by atoms with Crippen LogP contribution in [0.15, 0.2) is 18.2 Å². The van der Waals surface area contributed by atoms with E-state index in [4.69, 9.17) is 10.2 Å². The number of para-hydroxylation sites is 1. The van der Waals surface area contributed by atoms with Crippen LogP contribution >= 0.6 is 0 Å². The molecule has 3 N–H and O–H groups in total. The molecule has 6 nitrogen and oxygen atoms in total. The van der Waals surface area contributed by atoms with E-state index in [1.165, 1.54) is 0 Å². The summed E-state index contributed by atoms with van der Waals surface area (Å²) >= 11 is 0. The third kappa shape index (κ3) is 2.68. The van der Waals surface area contributed by atoms with Crippen LogP contribution < -0.4 is 5.32 Å². The first kappa shape index (κ1) is 12.4. The van der Waals surface area contributed by atoms with Gasteiger partial charge in [0.1, 0.15) is 5.69 Å². The molecule has 16 heavy (non-hydrogen) atoms. The van der Waals surface area contributed by atoms with Crippen LogP contribution in [-0.4, -0.2) is 34.4 Å². The first-order valence-corrected chi connectivity index (χ1v) is 4.82. The molecule has 0 fully saturated rings. The van der Waals surface area contributed by atoms with Crippen LogP contribution in [0.2, 0.25) is 0 Å². The van der Waals surface area contributed by atoms with Crippen molar-refractivity contribution in [2.24, 2.45) is 0 Å². The standard InChI is InChI=1S/C10H14N2O4/c1-7-3-2-4-9(10(7)12(15)16)11-8(5-13)6-14/h2-4,8,11,13-14H,5-6H2,1H3. The maximum Gasteiger partial charge on any atom is 0.295 e. The Morgan fingerprint density at radius 1 is 1.44 bits per heavy atom. The highest BCUT2D eigenvalue weighted by Gasteiger charge is 2.18. The number of nitrogens with one attached hydrogen (secondary N) is 1. The molecule has 0 aliphatic carbocycles. The third-order valence-corrected chi connectivity index (χ3v) is 2.22. The molecule has 0 spiro atoms. The van der Waals surface area contributed by atoms with Crippen molar-refractivity contribution < 1.29 is 15.1 Å². The highest BCUT2D eigenvalue weighted by molar-refractivity contribution is 5.65. The smallest absolute Gasteiger partial charge is 0.295 e. The molecule has 0 aliphatic rings. The van der Waals surface area contributed by atoms with Crippen molar-refractivity contribution in [2.75, 3.05) is 18.5 Å². The van der Waals surface area contributed by atoms with E-state index in [-0.39, 0.29) is 18.9 Å². The van der Waals surface area contributed by atoms with Crippen LogP contribution in [-0.2, 0) is 0 Å². The molecule has 0 unspecified atom stereocenters. The second-order valence-electron chi connectivity index (χ2n) is 3.43. The van der Waals surface area contributed by atoms with E-state index in [9.17, 15) is 10.1 Å².